The van der Waals surface area contributed by atoms with Crippen LogP contribution in [0.2, 0.25) is 0 Å². The minimum Gasteiger partial charge on any atom is -0.378 e. The highest BCUT2D eigenvalue weighted by Crippen LogP contribution is 2.33. The molecular formula is C18H30N4O2. The molecule has 1 saturated carbocycles. The Morgan fingerprint density at radius 2 is 1.62 bits per heavy atom. The van der Waals surface area contributed by atoms with Crippen molar-refractivity contribution >= 4 is 11.4 Å². The average Bonchev–Trinajstić information content (AvgIpc) is 2.59. The minimum atomic E-state index is -0.339. The fraction of sp³-hybridized carbons (Fsp3) is 0.778. The van der Waals surface area contributed by atoms with Crippen molar-refractivity contribution in [1.82, 2.24) is 9.80 Å². The largest absolute Gasteiger partial charge is 0.378 e. The van der Waals surface area contributed by atoms with Gasteiger partial charge in [0.15, 0.2) is 0 Å². The molecule has 1 aromatic rings. The van der Waals surface area contributed by atoms with Gasteiger partial charge in [-0.15, -0.1) is 0 Å². The number of piperazine rings is 1. The van der Waals surface area contributed by atoms with Crippen molar-refractivity contribution in [2.24, 2.45) is 0 Å². The predicted molar refractivity (Wildman–Crippen MR) is 99.1 cm³/mol. The summed E-state index contributed by atoms with van der Waals surface area (Å²) >= 11 is 0. The van der Waals surface area contributed by atoms with E-state index >= 15 is 0 Å². The van der Waals surface area contributed by atoms with Crippen molar-refractivity contribution in [2.45, 2.75) is 37.6 Å². The van der Waals surface area contributed by atoms with Gasteiger partial charge in [-0.3, -0.25) is 9.59 Å². The van der Waals surface area contributed by atoms with Crippen LogP contribution in [0, 0.1) is 0 Å². The van der Waals surface area contributed by atoms with Gasteiger partial charge in [0.2, 0.25) is 0 Å². The van der Waals surface area contributed by atoms with Gasteiger partial charge in [0.05, 0.1) is 0 Å². The predicted octanol–water partition coefficient (Wildman–Crippen LogP) is 0.711. The Labute approximate surface area is 144 Å². The normalized spacial score (nSPS) is 22.2. The first-order valence-electron chi connectivity index (χ1n) is 9.13. The summed E-state index contributed by atoms with van der Waals surface area (Å²) in [6.45, 7) is 4.23. The van der Waals surface area contributed by atoms with E-state index in [1.165, 1.54) is 19.3 Å². The first-order chi connectivity index (χ1) is 11.4. The van der Waals surface area contributed by atoms with Crippen LogP contribution in [0.25, 0.3) is 0 Å². The second kappa shape index (κ2) is 6.84. The fourth-order valence-electron chi connectivity index (χ4n) is 4.12. The lowest BCUT2D eigenvalue weighted by Crippen LogP contribution is -2.54. The van der Waals surface area contributed by atoms with Crippen molar-refractivity contribution in [3.63, 3.8) is 0 Å². The maximum atomic E-state index is 12.1. The van der Waals surface area contributed by atoms with E-state index in [9.17, 15) is 9.59 Å². The summed E-state index contributed by atoms with van der Waals surface area (Å²) in [7, 11) is 6.33. The topological polar surface area (TPSA) is 55.9 Å². The number of nitrogens with one attached hydrogen (secondary N) is 1. The van der Waals surface area contributed by atoms with Gasteiger partial charge in [-0.25, -0.2) is 0 Å². The maximum Gasteiger partial charge on any atom is 0.253 e. The van der Waals surface area contributed by atoms with E-state index in [1.54, 1.807) is 0 Å². The number of hydrogen-bond donors (Lipinski definition) is 1. The van der Waals surface area contributed by atoms with Crippen LogP contribution in [0.3, 0.4) is 0 Å². The number of rotatable bonds is 5. The molecule has 1 heterocycles. The monoisotopic (exact) mass is 334 g/mol. The Morgan fingerprint density at radius 1 is 1.00 bits per heavy atom. The second-order valence-electron chi connectivity index (χ2n) is 7.71. The first kappa shape index (κ1) is 17.4. The summed E-state index contributed by atoms with van der Waals surface area (Å²) in [6.07, 6.45) is 6.05. The molecule has 1 aromatic carbocycles. The van der Waals surface area contributed by atoms with E-state index in [4.69, 9.17) is 0 Å². The van der Waals surface area contributed by atoms with E-state index in [0.29, 0.717) is 11.4 Å². The van der Waals surface area contributed by atoms with Gasteiger partial charge < -0.3 is 20.0 Å². The zero-order valence-electron chi connectivity index (χ0n) is 15.2. The lowest BCUT2D eigenvalue weighted by atomic mass is 9.80. The fourth-order valence-corrected chi connectivity index (χ4v) is 4.12. The zero-order chi connectivity index (χ0) is 17.3. The molecule has 3 rings (SSSR count). The molecular weight excluding hydrogens is 304 g/mol. The molecule has 0 atom stereocenters. The Bertz CT molecular complexity index is 634. The number of nitrogens with zero attached hydrogens (tertiary/aromatic N) is 3. The van der Waals surface area contributed by atoms with Crippen LogP contribution in [-0.2, 0) is 0 Å². The summed E-state index contributed by atoms with van der Waals surface area (Å²) in [4.78, 5) is 30.8. The smallest absolute Gasteiger partial charge is 0.253 e. The molecule has 24 heavy (non-hydrogen) atoms. The van der Waals surface area contributed by atoms with E-state index in [0.717, 1.165) is 45.6 Å². The van der Waals surface area contributed by atoms with Crippen LogP contribution in [0.1, 0.15) is 32.1 Å². The highest BCUT2D eigenvalue weighted by molar-refractivity contribution is 5.75. The van der Waals surface area contributed by atoms with Gasteiger partial charge >= 0.3 is 0 Å². The van der Waals surface area contributed by atoms with Crippen LogP contribution in [-0.4, -0.2) is 69.2 Å². The first-order valence-corrected chi connectivity index (χ1v) is 9.13. The number of likely N-dealkylation sites (N-methyl/N-ethyl adjacent to an activating group) is 2. The number of hydrogen-bond acceptors (Lipinski definition) is 6. The van der Waals surface area contributed by atoms with Crippen LogP contribution in [0.4, 0.5) is 11.4 Å². The summed E-state index contributed by atoms with van der Waals surface area (Å²) in [5.74, 6) is 0. The molecule has 0 unspecified atom stereocenters. The molecule has 6 heteroatoms. The van der Waals surface area contributed by atoms with E-state index in [-0.39, 0.29) is 16.4 Å². The van der Waals surface area contributed by atoms with E-state index in [2.05, 4.69) is 41.2 Å². The Kier molecular flexibility index (Phi) is 4.97. The van der Waals surface area contributed by atoms with Crippen molar-refractivity contribution in [3.05, 3.63) is 20.4 Å². The van der Waals surface area contributed by atoms with E-state index < -0.39 is 0 Å². The zero-order valence-corrected chi connectivity index (χ0v) is 15.2. The Hall–Kier alpha value is -1.40. The van der Waals surface area contributed by atoms with Crippen molar-refractivity contribution in [1.29, 1.82) is 0 Å². The van der Waals surface area contributed by atoms with Gasteiger partial charge in [-0.1, -0.05) is 19.3 Å². The Balaban J connectivity index is 1.73. The lowest BCUT2D eigenvalue weighted by molar-refractivity contribution is 0.113. The van der Waals surface area contributed by atoms with Crippen molar-refractivity contribution < 1.29 is 0 Å². The molecule has 6 nitrogen and oxygen atoms in total. The lowest BCUT2D eigenvalue weighted by Gasteiger charge is -2.43. The quantitative estimate of drug-likeness (QED) is 0.801. The van der Waals surface area contributed by atoms with E-state index in [1.807, 2.05) is 0 Å². The maximum absolute atomic E-state index is 12.1. The van der Waals surface area contributed by atoms with Crippen LogP contribution < -0.4 is 21.1 Å². The van der Waals surface area contributed by atoms with Crippen LogP contribution in [0.15, 0.2) is 9.59 Å². The minimum absolute atomic E-state index is 0.0946. The van der Waals surface area contributed by atoms with Crippen molar-refractivity contribution in [2.75, 3.05) is 64.1 Å². The molecule has 1 saturated heterocycles. The standard InChI is InChI=1S/C18H30N4O2/c1-20(2)18(7-5-4-6-8-18)13-19-14-15(17(24)16(14)23)22-11-9-21(3)10-12-22/h19H,4-13H2,1-3H3. The van der Waals surface area contributed by atoms with Gasteiger partial charge in [0.1, 0.15) is 11.4 Å². The SMILES string of the molecule is CN1CCN(c2c(NCC3(N(C)C)CCCCC3)c(=O)c2=O)CC1. The summed E-state index contributed by atoms with van der Waals surface area (Å²) in [6, 6.07) is 0. The van der Waals surface area contributed by atoms with Crippen LogP contribution >= 0.6 is 0 Å². The summed E-state index contributed by atoms with van der Waals surface area (Å²) in [5.41, 5.74) is 0.615. The molecule has 1 N–H and O–H groups in total. The molecule has 134 valence electrons. The molecule has 2 aliphatic rings. The third-order valence-corrected chi connectivity index (χ3v) is 6.03. The average molecular weight is 334 g/mol. The Morgan fingerprint density at radius 3 is 2.21 bits per heavy atom. The summed E-state index contributed by atoms with van der Waals surface area (Å²) < 4.78 is 0. The van der Waals surface area contributed by atoms with Gasteiger partial charge in [0.25, 0.3) is 10.9 Å². The molecule has 0 spiro atoms. The molecule has 1 aliphatic carbocycles. The highest BCUT2D eigenvalue weighted by Gasteiger charge is 2.36. The molecule has 2 fully saturated rings. The molecule has 0 bridgehead atoms. The van der Waals surface area contributed by atoms with Crippen molar-refractivity contribution in [3.8, 4) is 0 Å². The van der Waals surface area contributed by atoms with Gasteiger partial charge in [-0.2, -0.15) is 0 Å². The summed E-state index contributed by atoms with van der Waals surface area (Å²) in [5, 5.41) is 3.36. The van der Waals surface area contributed by atoms with Gasteiger partial charge in [-0.05, 0) is 34.0 Å². The third-order valence-electron chi connectivity index (χ3n) is 6.03. The number of anilines is 2. The second-order valence-corrected chi connectivity index (χ2v) is 7.71. The highest BCUT2D eigenvalue weighted by atomic mass is 16.2. The molecule has 0 aromatic heterocycles. The molecule has 1 aliphatic heterocycles. The third kappa shape index (κ3) is 3.09. The van der Waals surface area contributed by atoms with Gasteiger partial charge in [0, 0.05) is 38.3 Å². The molecule has 0 amide bonds. The molecule has 0 radical (unpaired) electrons. The van der Waals surface area contributed by atoms with Crippen LogP contribution in [0.5, 0.6) is 0 Å².